The van der Waals surface area contributed by atoms with Crippen molar-refractivity contribution in [2.45, 2.75) is 51.5 Å². The summed E-state index contributed by atoms with van der Waals surface area (Å²) in [7, 11) is 0. The monoisotopic (exact) mass is 253 g/mol. The van der Waals surface area contributed by atoms with Gasteiger partial charge in [0.1, 0.15) is 0 Å². The fourth-order valence-electron chi connectivity index (χ4n) is 3.58. The summed E-state index contributed by atoms with van der Waals surface area (Å²) in [6, 6.07) is 0.702. The lowest BCUT2D eigenvalue weighted by molar-refractivity contribution is 0.178. The van der Waals surface area contributed by atoms with Crippen LogP contribution in [0.25, 0.3) is 0 Å². The third-order valence-corrected chi connectivity index (χ3v) is 5.03. The van der Waals surface area contributed by atoms with Crippen molar-refractivity contribution in [3.8, 4) is 0 Å². The van der Waals surface area contributed by atoms with Gasteiger partial charge in [-0.15, -0.1) is 0 Å². The summed E-state index contributed by atoms with van der Waals surface area (Å²) in [6.07, 6.45) is 8.21. The molecule has 1 aliphatic heterocycles. The summed E-state index contributed by atoms with van der Waals surface area (Å²) in [5, 5.41) is 3.83. The Morgan fingerprint density at radius 3 is 2.50 bits per heavy atom. The minimum Gasteiger partial charge on any atom is -0.330 e. The molecule has 2 fully saturated rings. The maximum atomic E-state index is 5.89. The Kier molecular flexibility index (Phi) is 5.93. The minimum atomic E-state index is 0.702. The second-order valence-electron chi connectivity index (χ2n) is 6.17. The zero-order valence-electron chi connectivity index (χ0n) is 12.0. The van der Waals surface area contributed by atoms with E-state index in [1.165, 1.54) is 64.7 Å². The molecule has 3 nitrogen and oxygen atoms in total. The van der Waals surface area contributed by atoms with Crippen molar-refractivity contribution in [2.75, 3.05) is 32.7 Å². The maximum absolute atomic E-state index is 5.89. The lowest BCUT2D eigenvalue weighted by Crippen LogP contribution is -2.45. The van der Waals surface area contributed by atoms with E-state index in [1.54, 1.807) is 0 Å². The lowest BCUT2D eigenvalue weighted by atomic mass is 9.84. The molecule has 2 unspecified atom stereocenters. The average molecular weight is 253 g/mol. The van der Waals surface area contributed by atoms with Gasteiger partial charge >= 0.3 is 0 Å². The standard InChI is InChI=1S/C15H31N3/c1-2-18-9-7-13(8-10-18)12-17-15-6-4-3-5-14(15)11-16/h13-15,17H,2-12,16H2,1H3. The van der Waals surface area contributed by atoms with Gasteiger partial charge in [0.2, 0.25) is 0 Å². The summed E-state index contributed by atoms with van der Waals surface area (Å²) < 4.78 is 0. The van der Waals surface area contributed by atoms with Crippen LogP contribution >= 0.6 is 0 Å². The maximum Gasteiger partial charge on any atom is 0.0107 e. The van der Waals surface area contributed by atoms with E-state index in [1.807, 2.05) is 0 Å². The molecule has 3 N–H and O–H groups in total. The summed E-state index contributed by atoms with van der Waals surface area (Å²) >= 11 is 0. The van der Waals surface area contributed by atoms with Crippen molar-refractivity contribution in [1.29, 1.82) is 0 Å². The van der Waals surface area contributed by atoms with Gasteiger partial charge in [0.05, 0.1) is 0 Å². The van der Waals surface area contributed by atoms with Crippen molar-refractivity contribution >= 4 is 0 Å². The zero-order valence-corrected chi connectivity index (χ0v) is 12.0. The molecule has 3 heteroatoms. The molecule has 2 rings (SSSR count). The van der Waals surface area contributed by atoms with Crippen molar-refractivity contribution in [3.05, 3.63) is 0 Å². The predicted molar refractivity (Wildman–Crippen MR) is 77.6 cm³/mol. The molecule has 1 saturated heterocycles. The van der Waals surface area contributed by atoms with Gasteiger partial charge in [-0.2, -0.15) is 0 Å². The van der Waals surface area contributed by atoms with Crippen LogP contribution < -0.4 is 11.1 Å². The van der Waals surface area contributed by atoms with Crippen LogP contribution in [0, 0.1) is 11.8 Å². The van der Waals surface area contributed by atoms with E-state index in [4.69, 9.17) is 5.73 Å². The van der Waals surface area contributed by atoms with Gasteiger partial charge in [-0.25, -0.2) is 0 Å². The Morgan fingerprint density at radius 1 is 1.11 bits per heavy atom. The molecule has 0 aromatic carbocycles. The molecule has 1 saturated carbocycles. The van der Waals surface area contributed by atoms with E-state index < -0.39 is 0 Å². The third kappa shape index (κ3) is 3.94. The van der Waals surface area contributed by atoms with Crippen LogP contribution in [-0.4, -0.2) is 43.7 Å². The molecule has 0 aromatic heterocycles. The van der Waals surface area contributed by atoms with Gasteiger partial charge in [0.15, 0.2) is 0 Å². The number of rotatable bonds is 5. The Hall–Kier alpha value is -0.120. The van der Waals surface area contributed by atoms with Crippen LogP contribution in [0.2, 0.25) is 0 Å². The van der Waals surface area contributed by atoms with Gasteiger partial charge in [0, 0.05) is 6.04 Å². The molecule has 0 aromatic rings. The minimum absolute atomic E-state index is 0.702. The van der Waals surface area contributed by atoms with Crippen molar-refractivity contribution in [2.24, 2.45) is 17.6 Å². The highest BCUT2D eigenvalue weighted by Crippen LogP contribution is 2.24. The molecule has 0 radical (unpaired) electrons. The molecule has 1 aliphatic carbocycles. The molecular weight excluding hydrogens is 222 g/mol. The van der Waals surface area contributed by atoms with Crippen LogP contribution in [-0.2, 0) is 0 Å². The first kappa shape index (κ1) is 14.3. The first-order chi connectivity index (χ1) is 8.83. The van der Waals surface area contributed by atoms with E-state index in [0.29, 0.717) is 6.04 Å². The Labute approximate surface area is 112 Å². The van der Waals surface area contributed by atoms with Crippen LogP contribution in [0.5, 0.6) is 0 Å². The number of piperidine rings is 1. The lowest BCUT2D eigenvalue weighted by Gasteiger charge is -2.35. The summed E-state index contributed by atoms with van der Waals surface area (Å²) in [6.45, 7) is 8.18. The molecule has 2 aliphatic rings. The summed E-state index contributed by atoms with van der Waals surface area (Å²) in [5.74, 6) is 1.63. The van der Waals surface area contributed by atoms with Crippen LogP contribution in [0.15, 0.2) is 0 Å². The van der Waals surface area contributed by atoms with Crippen molar-refractivity contribution < 1.29 is 0 Å². The molecule has 0 bridgehead atoms. The number of nitrogens with one attached hydrogen (secondary N) is 1. The van der Waals surface area contributed by atoms with Crippen LogP contribution in [0.3, 0.4) is 0 Å². The third-order valence-electron chi connectivity index (χ3n) is 5.03. The molecule has 2 atom stereocenters. The summed E-state index contributed by atoms with van der Waals surface area (Å²) in [4.78, 5) is 2.57. The number of nitrogens with zero attached hydrogens (tertiary/aromatic N) is 1. The number of hydrogen-bond acceptors (Lipinski definition) is 3. The van der Waals surface area contributed by atoms with E-state index in [0.717, 1.165) is 18.4 Å². The SMILES string of the molecule is CCN1CCC(CNC2CCCCC2CN)CC1. The molecular formula is C15H31N3. The second-order valence-corrected chi connectivity index (χ2v) is 6.17. The Balaban J connectivity index is 1.67. The normalized spacial score (nSPS) is 31.7. The number of nitrogens with two attached hydrogens (primary N) is 1. The van der Waals surface area contributed by atoms with Crippen LogP contribution in [0.1, 0.15) is 45.4 Å². The highest BCUT2D eigenvalue weighted by molar-refractivity contribution is 4.83. The zero-order chi connectivity index (χ0) is 12.8. The Morgan fingerprint density at radius 2 is 1.83 bits per heavy atom. The molecule has 18 heavy (non-hydrogen) atoms. The van der Waals surface area contributed by atoms with E-state index in [9.17, 15) is 0 Å². The number of likely N-dealkylation sites (tertiary alicyclic amines) is 1. The van der Waals surface area contributed by atoms with Gasteiger partial charge < -0.3 is 16.0 Å². The van der Waals surface area contributed by atoms with Crippen LogP contribution in [0.4, 0.5) is 0 Å². The van der Waals surface area contributed by atoms with E-state index in [2.05, 4.69) is 17.1 Å². The number of hydrogen-bond donors (Lipinski definition) is 2. The highest BCUT2D eigenvalue weighted by atomic mass is 15.1. The molecule has 1 heterocycles. The topological polar surface area (TPSA) is 41.3 Å². The quantitative estimate of drug-likeness (QED) is 0.785. The van der Waals surface area contributed by atoms with Gasteiger partial charge in [-0.3, -0.25) is 0 Å². The smallest absolute Gasteiger partial charge is 0.0107 e. The fraction of sp³-hybridized carbons (Fsp3) is 1.00. The average Bonchev–Trinajstić information content (AvgIpc) is 2.46. The first-order valence-corrected chi connectivity index (χ1v) is 7.99. The van der Waals surface area contributed by atoms with E-state index in [-0.39, 0.29) is 0 Å². The van der Waals surface area contributed by atoms with E-state index >= 15 is 0 Å². The largest absolute Gasteiger partial charge is 0.330 e. The van der Waals surface area contributed by atoms with Gasteiger partial charge in [-0.1, -0.05) is 19.8 Å². The molecule has 0 amide bonds. The van der Waals surface area contributed by atoms with Crippen molar-refractivity contribution in [3.63, 3.8) is 0 Å². The fourth-order valence-corrected chi connectivity index (χ4v) is 3.58. The highest BCUT2D eigenvalue weighted by Gasteiger charge is 2.25. The summed E-state index contributed by atoms with van der Waals surface area (Å²) in [5.41, 5.74) is 5.89. The second kappa shape index (κ2) is 7.46. The van der Waals surface area contributed by atoms with Gasteiger partial charge in [-0.05, 0) is 70.2 Å². The molecule has 0 spiro atoms. The molecule has 106 valence electrons. The Bertz CT molecular complexity index is 224. The first-order valence-electron chi connectivity index (χ1n) is 7.99. The predicted octanol–water partition coefficient (Wildman–Crippen LogP) is 1.83. The van der Waals surface area contributed by atoms with Gasteiger partial charge in [0.25, 0.3) is 0 Å². The van der Waals surface area contributed by atoms with Crippen molar-refractivity contribution in [1.82, 2.24) is 10.2 Å².